The number of hydrogen-bond acceptors (Lipinski definition) is 3. The van der Waals surface area contributed by atoms with Gasteiger partial charge in [-0.1, -0.05) is 18.6 Å². The van der Waals surface area contributed by atoms with Crippen LogP contribution in [0.25, 0.3) is 0 Å². The molecule has 2 unspecified atom stereocenters. The maximum Gasteiger partial charge on any atom is 0.407 e. The predicted octanol–water partition coefficient (Wildman–Crippen LogP) is 1.58. The molecule has 0 bridgehead atoms. The Labute approximate surface area is 95.5 Å². The number of nitrogens with one attached hydrogen (secondary N) is 1. The normalized spacial score (nSPS) is 25.3. The van der Waals surface area contributed by atoms with Crippen LogP contribution in [0.5, 0.6) is 0 Å². The topological polar surface area (TPSA) is 64.3 Å². The summed E-state index contributed by atoms with van der Waals surface area (Å²) in [7, 11) is 0. The lowest BCUT2D eigenvalue weighted by atomic mass is 10.0. The van der Waals surface area contributed by atoms with Crippen molar-refractivity contribution in [3.05, 3.63) is 0 Å². The van der Waals surface area contributed by atoms with E-state index in [-0.39, 0.29) is 24.2 Å². The van der Waals surface area contributed by atoms with Gasteiger partial charge in [0.05, 0.1) is 11.1 Å². The molecule has 2 atom stereocenters. The number of alkyl carbamates (subject to hydrolysis) is 1. The summed E-state index contributed by atoms with van der Waals surface area (Å²) in [6, 6.07) is 0.0498. The molecule has 0 heterocycles. The van der Waals surface area contributed by atoms with Gasteiger partial charge in [0.15, 0.2) is 0 Å². The van der Waals surface area contributed by atoms with E-state index in [1.807, 2.05) is 13.8 Å². The van der Waals surface area contributed by atoms with Gasteiger partial charge < -0.3 is 15.8 Å². The lowest BCUT2D eigenvalue weighted by molar-refractivity contribution is 0.111. The zero-order chi connectivity index (χ0) is 11.4. The van der Waals surface area contributed by atoms with Crippen LogP contribution in [0.15, 0.2) is 0 Å². The van der Waals surface area contributed by atoms with Crippen LogP contribution < -0.4 is 11.1 Å². The van der Waals surface area contributed by atoms with Crippen LogP contribution in [0, 0.1) is 5.92 Å². The van der Waals surface area contributed by atoms with E-state index in [9.17, 15) is 4.79 Å². The molecule has 0 aliphatic heterocycles. The van der Waals surface area contributed by atoms with E-state index in [0.29, 0.717) is 4.99 Å². The summed E-state index contributed by atoms with van der Waals surface area (Å²) in [4.78, 5) is 11.8. The van der Waals surface area contributed by atoms with Gasteiger partial charge in [-0.05, 0) is 26.7 Å². The van der Waals surface area contributed by atoms with Gasteiger partial charge in [0.2, 0.25) is 0 Å². The highest BCUT2D eigenvalue weighted by molar-refractivity contribution is 7.80. The van der Waals surface area contributed by atoms with Crippen LogP contribution in [0.1, 0.15) is 33.1 Å². The summed E-state index contributed by atoms with van der Waals surface area (Å²) in [5.74, 6) is 0.125. The molecule has 3 N–H and O–H groups in total. The molecule has 1 aliphatic rings. The van der Waals surface area contributed by atoms with Crippen LogP contribution >= 0.6 is 12.2 Å². The smallest absolute Gasteiger partial charge is 0.407 e. The Balaban J connectivity index is 2.43. The highest BCUT2D eigenvalue weighted by Gasteiger charge is 2.30. The third-order valence-corrected chi connectivity index (χ3v) is 2.83. The number of ether oxygens (including phenoxy) is 1. The summed E-state index contributed by atoms with van der Waals surface area (Å²) < 4.78 is 5.01. The number of hydrogen-bond donors (Lipinski definition) is 2. The van der Waals surface area contributed by atoms with E-state index < -0.39 is 0 Å². The summed E-state index contributed by atoms with van der Waals surface area (Å²) in [6.45, 7) is 3.64. The summed E-state index contributed by atoms with van der Waals surface area (Å²) in [5, 5.41) is 2.81. The third kappa shape index (κ3) is 3.66. The quantitative estimate of drug-likeness (QED) is 0.722. The van der Waals surface area contributed by atoms with Crippen molar-refractivity contribution in [1.29, 1.82) is 0 Å². The zero-order valence-electron chi connectivity index (χ0n) is 9.16. The molecule has 1 amide bonds. The van der Waals surface area contributed by atoms with E-state index in [1.54, 1.807) is 0 Å². The first-order chi connectivity index (χ1) is 7.00. The minimum absolute atomic E-state index is 0.0498. The molecule has 4 nitrogen and oxygen atoms in total. The zero-order valence-corrected chi connectivity index (χ0v) is 9.97. The third-order valence-electron chi connectivity index (χ3n) is 2.53. The fourth-order valence-electron chi connectivity index (χ4n) is 1.87. The Morgan fingerprint density at radius 2 is 2.20 bits per heavy atom. The molecule has 0 spiro atoms. The van der Waals surface area contributed by atoms with Gasteiger partial charge in [0.25, 0.3) is 0 Å². The summed E-state index contributed by atoms with van der Waals surface area (Å²) in [6.07, 6.45) is 2.46. The van der Waals surface area contributed by atoms with Gasteiger partial charge in [0, 0.05) is 12.0 Å². The number of thiocarbonyl (C=S) groups is 1. The molecule has 0 radical (unpaired) electrons. The molecule has 0 aromatic heterocycles. The van der Waals surface area contributed by atoms with Gasteiger partial charge in [-0.2, -0.15) is 0 Å². The van der Waals surface area contributed by atoms with Crippen molar-refractivity contribution in [2.24, 2.45) is 11.7 Å². The van der Waals surface area contributed by atoms with Crippen LogP contribution in [0.4, 0.5) is 4.79 Å². The predicted molar refractivity (Wildman–Crippen MR) is 62.7 cm³/mol. The first kappa shape index (κ1) is 12.2. The fraction of sp³-hybridized carbons (Fsp3) is 0.800. The lowest BCUT2D eigenvalue weighted by Crippen LogP contribution is -2.42. The maximum atomic E-state index is 11.4. The molecular weight excluding hydrogens is 212 g/mol. The molecule has 0 saturated heterocycles. The second-order valence-electron chi connectivity index (χ2n) is 4.14. The van der Waals surface area contributed by atoms with Crippen LogP contribution in [-0.4, -0.2) is 23.2 Å². The fourth-order valence-corrected chi connectivity index (χ4v) is 2.15. The molecule has 1 fully saturated rings. The Bertz CT molecular complexity index is 256. The Kier molecular flexibility index (Phi) is 4.32. The summed E-state index contributed by atoms with van der Waals surface area (Å²) in [5.41, 5.74) is 5.60. The maximum absolute atomic E-state index is 11.4. The molecule has 0 aromatic carbocycles. The molecule has 86 valence electrons. The van der Waals surface area contributed by atoms with Crippen molar-refractivity contribution in [3.63, 3.8) is 0 Å². The number of carbonyl (C=O) groups is 1. The molecular formula is C10H18N2O2S. The Hall–Kier alpha value is -0.840. The van der Waals surface area contributed by atoms with Gasteiger partial charge >= 0.3 is 6.09 Å². The molecule has 15 heavy (non-hydrogen) atoms. The standard InChI is InChI=1S/C10H18N2O2S/c1-6(2)14-10(13)12-8-5-3-4-7(8)9(11)15/h6-8H,3-5H2,1-2H3,(H2,11,15)(H,12,13). The molecule has 1 aliphatic carbocycles. The highest BCUT2D eigenvalue weighted by atomic mass is 32.1. The van der Waals surface area contributed by atoms with Crippen LogP contribution in [0.3, 0.4) is 0 Å². The van der Waals surface area contributed by atoms with Crippen LogP contribution in [0.2, 0.25) is 0 Å². The SMILES string of the molecule is CC(C)OC(=O)NC1CCCC1C(N)=S. The number of nitrogens with two attached hydrogens (primary N) is 1. The van der Waals surface area contributed by atoms with Gasteiger partial charge in [0.1, 0.15) is 0 Å². The van der Waals surface area contributed by atoms with E-state index in [1.165, 1.54) is 0 Å². The average molecular weight is 230 g/mol. The molecule has 1 rings (SSSR count). The number of amides is 1. The first-order valence-electron chi connectivity index (χ1n) is 5.27. The average Bonchev–Trinajstić information content (AvgIpc) is 2.50. The van der Waals surface area contributed by atoms with Gasteiger partial charge in [-0.3, -0.25) is 0 Å². The molecule has 0 aromatic rings. The first-order valence-corrected chi connectivity index (χ1v) is 5.68. The van der Waals surface area contributed by atoms with Crippen LogP contribution in [-0.2, 0) is 4.74 Å². The Morgan fingerprint density at radius 1 is 1.53 bits per heavy atom. The van der Waals surface area contributed by atoms with E-state index in [4.69, 9.17) is 22.7 Å². The second kappa shape index (κ2) is 5.30. The lowest BCUT2D eigenvalue weighted by Gasteiger charge is -2.20. The van der Waals surface area contributed by atoms with Crippen molar-refractivity contribution in [2.45, 2.75) is 45.3 Å². The largest absolute Gasteiger partial charge is 0.447 e. The minimum atomic E-state index is -0.377. The Morgan fingerprint density at radius 3 is 2.73 bits per heavy atom. The molecule has 1 saturated carbocycles. The van der Waals surface area contributed by atoms with Crippen molar-refractivity contribution in [2.75, 3.05) is 0 Å². The van der Waals surface area contributed by atoms with Crippen molar-refractivity contribution < 1.29 is 9.53 Å². The minimum Gasteiger partial charge on any atom is -0.447 e. The number of rotatable bonds is 3. The monoisotopic (exact) mass is 230 g/mol. The van der Waals surface area contributed by atoms with E-state index in [2.05, 4.69) is 5.32 Å². The summed E-state index contributed by atoms with van der Waals surface area (Å²) >= 11 is 4.96. The highest BCUT2D eigenvalue weighted by Crippen LogP contribution is 2.25. The number of carbonyl (C=O) groups excluding carboxylic acids is 1. The van der Waals surface area contributed by atoms with Crippen molar-refractivity contribution in [1.82, 2.24) is 5.32 Å². The van der Waals surface area contributed by atoms with E-state index >= 15 is 0 Å². The second-order valence-corrected chi connectivity index (χ2v) is 4.62. The van der Waals surface area contributed by atoms with E-state index in [0.717, 1.165) is 19.3 Å². The van der Waals surface area contributed by atoms with Gasteiger partial charge in [-0.15, -0.1) is 0 Å². The van der Waals surface area contributed by atoms with Crippen molar-refractivity contribution >= 4 is 23.3 Å². The van der Waals surface area contributed by atoms with Gasteiger partial charge in [-0.25, -0.2) is 4.79 Å². The van der Waals surface area contributed by atoms with Crippen molar-refractivity contribution in [3.8, 4) is 0 Å². The molecule has 5 heteroatoms.